The van der Waals surface area contributed by atoms with Crippen LogP contribution in [-0.4, -0.2) is 72.7 Å². The number of ether oxygens (including phenoxy) is 2. The zero-order chi connectivity index (χ0) is 17.2. The van der Waals surface area contributed by atoms with Crippen LogP contribution in [0.4, 0.5) is 0 Å². The molecule has 6 heteroatoms. The second-order valence-corrected chi connectivity index (χ2v) is 7.89. The van der Waals surface area contributed by atoms with Crippen LogP contribution in [0.5, 0.6) is 0 Å². The third-order valence-corrected chi connectivity index (χ3v) is 5.24. The molecule has 3 fully saturated rings. The lowest BCUT2D eigenvalue weighted by molar-refractivity contribution is -0.202. The number of likely N-dealkylation sites (tertiary alicyclic amines) is 2. The minimum Gasteiger partial charge on any atom is -0.371 e. The van der Waals surface area contributed by atoms with Crippen molar-refractivity contribution >= 4 is 11.8 Å². The van der Waals surface area contributed by atoms with Crippen LogP contribution in [0.25, 0.3) is 0 Å². The molecule has 2 amide bonds. The number of rotatable bonds is 5. The fourth-order valence-corrected chi connectivity index (χ4v) is 3.90. The van der Waals surface area contributed by atoms with Gasteiger partial charge in [0.05, 0.1) is 19.2 Å². The molecule has 0 saturated carbocycles. The topological polar surface area (TPSA) is 59.1 Å². The van der Waals surface area contributed by atoms with E-state index < -0.39 is 0 Å². The lowest BCUT2D eigenvalue weighted by atomic mass is 9.84. The molecule has 1 spiro atoms. The molecule has 0 aromatic carbocycles. The fraction of sp³-hybridized carbons (Fsp3) is 0.889. The summed E-state index contributed by atoms with van der Waals surface area (Å²) >= 11 is 0. The van der Waals surface area contributed by atoms with Crippen molar-refractivity contribution in [1.29, 1.82) is 0 Å². The number of hydrogen-bond acceptors (Lipinski definition) is 4. The maximum absolute atomic E-state index is 12.1. The standard InChI is InChI=1S/C18H30N2O4/c1-14(2)9-16(21)20-12-18(13-20)10-15(5-8-24-18)23-11-17(22)19-6-3-4-7-19/h14-15H,3-13H2,1-2H3. The van der Waals surface area contributed by atoms with Gasteiger partial charge in [-0.25, -0.2) is 0 Å². The minimum absolute atomic E-state index is 0.0626. The molecule has 3 aliphatic heterocycles. The van der Waals surface area contributed by atoms with E-state index >= 15 is 0 Å². The summed E-state index contributed by atoms with van der Waals surface area (Å²) in [5.74, 6) is 0.705. The summed E-state index contributed by atoms with van der Waals surface area (Å²) in [7, 11) is 0. The second-order valence-electron chi connectivity index (χ2n) is 7.89. The Morgan fingerprint density at radius 3 is 2.54 bits per heavy atom. The number of amides is 2. The van der Waals surface area contributed by atoms with Crippen molar-refractivity contribution in [3.8, 4) is 0 Å². The predicted molar refractivity (Wildman–Crippen MR) is 89.5 cm³/mol. The first-order valence-corrected chi connectivity index (χ1v) is 9.28. The van der Waals surface area contributed by atoms with Gasteiger partial charge >= 0.3 is 0 Å². The van der Waals surface area contributed by atoms with Crippen LogP contribution in [0, 0.1) is 5.92 Å². The van der Waals surface area contributed by atoms with E-state index in [4.69, 9.17) is 9.47 Å². The van der Waals surface area contributed by atoms with Crippen LogP contribution in [0.1, 0.15) is 46.0 Å². The molecule has 0 aromatic rings. The van der Waals surface area contributed by atoms with Crippen LogP contribution in [-0.2, 0) is 19.1 Å². The van der Waals surface area contributed by atoms with Crippen molar-refractivity contribution in [3.63, 3.8) is 0 Å². The third-order valence-electron chi connectivity index (χ3n) is 5.24. The molecule has 0 aliphatic carbocycles. The molecular weight excluding hydrogens is 308 g/mol. The first-order chi connectivity index (χ1) is 11.5. The number of carbonyl (C=O) groups is 2. The van der Waals surface area contributed by atoms with Gasteiger partial charge in [0.2, 0.25) is 11.8 Å². The van der Waals surface area contributed by atoms with E-state index in [1.165, 1.54) is 0 Å². The Kier molecular flexibility index (Phi) is 5.45. The molecule has 0 bridgehead atoms. The van der Waals surface area contributed by atoms with Crippen molar-refractivity contribution in [1.82, 2.24) is 9.80 Å². The molecule has 3 heterocycles. The molecule has 6 nitrogen and oxygen atoms in total. The lowest BCUT2D eigenvalue weighted by Crippen LogP contribution is -2.67. The van der Waals surface area contributed by atoms with E-state index in [1.54, 1.807) is 0 Å². The maximum atomic E-state index is 12.1. The van der Waals surface area contributed by atoms with Crippen LogP contribution < -0.4 is 0 Å². The predicted octanol–water partition coefficient (Wildman–Crippen LogP) is 1.43. The summed E-state index contributed by atoms with van der Waals surface area (Å²) in [4.78, 5) is 28.0. The molecule has 3 rings (SSSR count). The highest BCUT2D eigenvalue weighted by atomic mass is 16.5. The van der Waals surface area contributed by atoms with Crippen molar-refractivity contribution in [3.05, 3.63) is 0 Å². The zero-order valence-electron chi connectivity index (χ0n) is 15.0. The molecule has 0 aromatic heterocycles. The van der Waals surface area contributed by atoms with Crippen molar-refractivity contribution in [2.45, 2.75) is 57.7 Å². The first-order valence-electron chi connectivity index (χ1n) is 9.28. The van der Waals surface area contributed by atoms with Crippen molar-refractivity contribution in [2.24, 2.45) is 5.92 Å². The van der Waals surface area contributed by atoms with Crippen LogP contribution >= 0.6 is 0 Å². The molecule has 24 heavy (non-hydrogen) atoms. The van der Waals surface area contributed by atoms with Gasteiger partial charge < -0.3 is 19.3 Å². The van der Waals surface area contributed by atoms with Gasteiger partial charge in [0, 0.05) is 32.5 Å². The van der Waals surface area contributed by atoms with Gasteiger partial charge in [-0.1, -0.05) is 13.8 Å². The average molecular weight is 338 g/mol. The van der Waals surface area contributed by atoms with Crippen LogP contribution in [0.3, 0.4) is 0 Å². The highest BCUT2D eigenvalue weighted by Gasteiger charge is 2.49. The van der Waals surface area contributed by atoms with E-state index in [0.29, 0.717) is 32.0 Å². The second kappa shape index (κ2) is 7.40. The molecular formula is C18H30N2O4. The van der Waals surface area contributed by atoms with E-state index in [9.17, 15) is 9.59 Å². The number of nitrogens with zero attached hydrogens (tertiary/aromatic N) is 2. The third kappa shape index (κ3) is 4.09. The Balaban J connectivity index is 1.42. The van der Waals surface area contributed by atoms with Gasteiger partial charge in [0.15, 0.2) is 0 Å². The van der Waals surface area contributed by atoms with Crippen LogP contribution in [0.15, 0.2) is 0 Å². The van der Waals surface area contributed by atoms with Gasteiger partial charge in [0.1, 0.15) is 12.2 Å². The minimum atomic E-state index is -0.244. The van der Waals surface area contributed by atoms with E-state index in [-0.39, 0.29) is 30.1 Å². The quantitative estimate of drug-likeness (QED) is 0.761. The lowest BCUT2D eigenvalue weighted by Gasteiger charge is -2.53. The Morgan fingerprint density at radius 1 is 1.17 bits per heavy atom. The highest BCUT2D eigenvalue weighted by molar-refractivity contribution is 5.78. The summed E-state index contributed by atoms with van der Waals surface area (Å²) in [5, 5.41) is 0. The number of carbonyl (C=O) groups excluding carboxylic acids is 2. The Bertz CT molecular complexity index is 468. The van der Waals surface area contributed by atoms with Crippen molar-refractivity contribution < 1.29 is 19.1 Å². The molecule has 1 atom stereocenters. The van der Waals surface area contributed by atoms with E-state index in [0.717, 1.165) is 38.8 Å². The molecule has 0 N–H and O–H groups in total. The summed E-state index contributed by atoms with van der Waals surface area (Å²) in [6.45, 7) is 8.01. The monoisotopic (exact) mass is 338 g/mol. The summed E-state index contributed by atoms with van der Waals surface area (Å²) in [5.41, 5.74) is -0.244. The Hall–Kier alpha value is -1.14. The molecule has 3 aliphatic rings. The molecule has 1 unspecified atom stereocenters. The molecule has 136 valence electrons. The van der Waals surface area contributed by atoms with Gasteiger partial charge in [0.25, 0.3) is 0 Å². The van der Waals surface area contributed by atoms with Gasteiger partial charge in [-0.15, -0.1) is 0 Å². The Labute approximate surface area is 144 Å². The number of hydrogen-bond donors (Lipinski definition) is 0. The molecule has 3 saturated heterocycles. The van der Waals surface area contributed by atoms with Crippen molar-refractivity contribution in [2.75, 3.05) is 39.4 Å². The average Bonchev–Trinajstić information content (AvgIpc) is 3.04. The normalized spacial score (nSPS) is 26.0. The first kappa shape index (κ1) is 17.7. The summed E-state index contributed by atoms with van der Waals surface area (Å²) < 4.78 is 11.8. The summed E-state index contributed by atoms with van der Waals surface area (Å²) in [6.07, 6.45) is 4.48. The SMILES string of the molecule is CC(C)CC(=O)N1CC2(CC(OCC(=O)N3CCCC3)CCO2)C1. The highest BCUT2D eigenvalue weighted by Crippen LogP contribution is 2.35. The van der Waals surface area contributed by atoms with Gasteiger partial charge in [-0.2, -0.15) is 0 Å². The van der Waals surface area contributed by atoms with Crippen LogP contribution in [0.2, 0.25) is 0 Å². The largest absolute Gasteiger partial charge is 0.371 e. The zero-order valence-corrected chi connectivity index (χ0v) is 15.0. The molecule has 0 radical (unpaired) electrons. The summed E-state index contributed by atoms with van der Waals surface area (Å²) in [6, 6.07) is 0. The van der Waals surface area contributed by atoms with E-state index in [2.05, 4.69) is 13.8 Å². The van der Waals surface area contributed by atoms with Gasteiger partial charge in [-0.3, -0.25) is 9.59 Å². The smallest absolute Gasteiger partial charge is 0.248 e. The fourth-order valence-electron chi connectivity index (χ4n) is 3.90. The van der Waals surface area contributed by atoms with Gasteiger partial charge in [-0.05, 0) is 25.2 Å². The van der Waals surface area contributed by atoms with E-state index in [1.807, 2.05) is 9.80 Å². The maximum Gasteiger partial charge on any atom is 0.248 e. The Morgan fingerprint density at radius 2 is 1.88 bits per heavy atom.